The zero-order valence-corrected chi connectivity index (χ0v) is 9.59. The molecule has 2 heterocycles. The Bertz CT molecular complexity index is 434. The maximum absolute atomic E-state index is 12.0. The van der Waals surface area contributed by atoms with Gasteiger partial charge in [-0.3, -0.25) is 4.79 Å². The molecule has 5 nitrogen and oxygen atoms in total. The van der Waals surface area contributed by atoms with E-state index in [1.54, 1.807) is 0 Å². The van der Waals surface area contributed by atoms with Crippen LogP contribution in [-0.2, 0) is 19.4 Å². The van der Waals surface area contributed by atoms with Gasteiger partial charge < -0.3 is 9.69 Å². The summed E-state index contributed by atoms with van der Waals surface area (Å²) in [5, 5.41) is -0.844. The van der Waals surface area contributed by atoms with E-state index in [2.05, 4.69) is 0 Å². The molecule has 2 aliphatic heterocycles. The number of rotatable bonds is 2. The molecule has 2 rings (SSSR count). The Morgan fingerprint density at radius 2 is 2.27 bits per heavy atom. The number of hydrogen-bond donors (Lipinski definition) is 0. The third-order valence-corrected chi connectivity index (χ3v) is 6.78. The molecular weight excluding hydrogens is 242 g/mol. The highest BCUT2D eigenvalue weighted by Crippen LogP contribution is 2.45. The minimum atomic E-state index is -3.53. The van der Waals surface area contributed by atoms with Crippen molar-refractivity contribution in [1.82, 2.24) is 4.90 Å². The number of sulfone groups is 1. The Kier molecular flexibility index (Phi) is 2.14. The Hall–Kier alpha value is -0.620. The van der Waals surface area contributed by atoms with Crippen molar-refractivity contribution in [2.24, 2.45) is 0 Å². The summed E-state index contributed by atoms with van der Waals surface area (Å²) >= 11 is 5.64. The first-order chi connectivity index (χ1) is 6.90. The van der Waals surface area contributed by atoms with Gasteiger partial charge in [0.2, 0.25) is 5.91 Å². The van der Waals surface area contributed by atoms with Crippen LogP contribution in [0.4, 0.5) is 0 Å². The van der Waals surface area contributed by atoms with Crippen molar-refractivity contribution in [2.45, 2.75) is 29.5 Å². The molecule has 0 aliphatic carbocycles. The van der Waals surface area contributed by atoms with Crippen molar-refractivity contribution in [3.63, 3.8) is 0 Å². The molecule has 0 spiro atoms. The Morgan fingerprint density at radius 3 is 2.67 bits per heavy atom. The number of carbonyl (C=O) groups is 2. The van der Waals surface area contributed by atoms with Gasteiger partial charge in [-0.15, -0.1) is 11.6 Å². The van der Waals surface area contributed by atoms with Crippen LogP contribution in [0.1, 0.15) is 13.3 Å². The van der Waals surface area contributed by atoms with Crippen molar-refractivity contribution < 1.29 is 18.0 Å². The van der Waals surface area contributed by atoms with Crippen molar-refractivity contribution in [3.05, 3.63) is 0 Å². The lowest BCUT2D eigenvalue weighted by Gasteiger charge is -2.35. The number of carbonyl (C=O) groups excluding carboxylic acids is 2. The molecule has 0 bridgehead atoms. The lowest BCUT2D eigenvalue weighted by atomic mass is 9.99. The van der Waals surface area contributed by atoms with Crippen LogP contribution in [0.5, 0.6) is 0 Å². The number of aldehydes is 1. The third kappa shape index (κ3) is 1.01. The molecule has 0 aromatic rings. The molecule has 1 amide bonds. The highest BCUT2D eigenvalue weighted by molar-refractivity contribution is 7.94. The number of nitrogens with zero attached hydrogens (tertiary/aromatic N) is 1. The van der Waals surface area contributed by atoms with Crippen LogP contribution < -0.4 is 0 Å². The zero-order chi connectivity index (χ0) is 11.4. The quantitative estimate of drug-likeness (QED) is 0.378. The molecule has 0 radical (unpaired) electrons. The number of amides is 1. The van der Waals surface area contributed by atoms with Crippen LogP contribution >= 0.6 is 11.6 Å². The standard InChI is InChI=1S/C8H10ClNO4S/c1-8(4-9)5(3-11)10-6(12)2-7(10)15(8,13)14/h3,5,7H,2,4H2,1H3/t5?,7-,8-/m0/s1. The van der Waals surface area contributed by atoms with E-state index in [1.165, 1.54) is 6.92 Å². The molecule has 2 aliphatic rings. The predicted octanol–water partition coefficient (Wildman–Crippen LogP) is -0.462. The molecule has 1 unspecified atom stereocenters. The minimum Gasteiger partial charge on any atom is -0.314 e. The molecule has 0 aromatic heterocycles. The Labute approximate surface area is 92.3 Å². The monoisotopic (exact) mass is 251 g/mol. The van der Waals surface area contributed by atoms with E-state index in [9.17, 15) is 18.0 Å². The summed E-state index contributed by atoms with van der Waals surface area (Å²) in [5.41, 5.74) is 0. The van der Waals surface area contributed by atoms with Crippen LogP contribution in [0.25, 0.3) is 0 Å². The largest absolute Gasteiger partial charge is 0.314 e. The fourth-order valence-electron chi connectivity index (χ4n) is 2.13. The number of halogens is 1. The van der Waals surface area contributed by atoms with E-state index in [0.717, 1.165) is 4.90 Å². The molecule has 15 heavy (non-hydrogen) atoms. The van der Waals surface area contributed by atoms with Gasteiger partial charge in [-0.2, -0.15) is 0 Å². The van der Waals surface area contributed by atoms with Crippen LogP contribution in [-0.4, -0.2) is 47.6 Å². The van der Waals surface area contributed by atoms with Crippen molar-refractivity contribution in [1.29, 1.82) is 0 Å². The fraction of sp³-hybridized carbons (Fsp3) is 0.750. The summed E-state index contributed by atoms with van der Waals surface area (Å²) in [6, 6.07) is -0.939. The van der Waals surface area contributed by atoms with Gasteiger partial charge in [0.25, 0.3) is 0 Å². The van der Waals surface area contributed by atoms with E-state index < -0.39 is 26.0 Å². The number of hydrogen-bond acceptors (Lipinski definition) is 4. The molecule has 2 fully saturated rings. The third-order valence-electron chi connectivity index (χ3n) is 3.28. The van der Waals surface area contributed by atoms with Crippen LogP contribution in [0.2, 0.25) is 0 Å². The van der Waals surface area contributed by atoms with Crippen molar-refractivity contribution >= 4 is 33.6 Å². The minimum absolute atomic E-state index is 0.0286. The van der Waals surface area contributed by atoms with Gasteiger partial charge in [-0.25, -0.2) is 8.42 Å². The lowest BCUT2D eigenvalue weighted by molar-refractivity contribution is -0.146. The number of alkyl halides is 1. The normalized spacial score (nSPS) is 42.3. The first-order valence-electron chi connectivity index (χ1n) is 4.46. The molecule has 0 aromatic carbocycles. The summed E-state index contributed by atoms with van der Waals surface area (Å²) in [6.07, 6.45) is 0.468. The second kappa shape index (κ2) is 2.95. The summed E-state index contributed by atoms with van der Waals surface area (Å²) < 4.78 is 22.6. The van der Waals surface area contributed by atoms with Gasteiger partial charge in [0.15, 0.2) is 9.84 Å². The maximum atomic E-state index is 12.0. The van der Waals surface area contributed by atoms with Crippen LogP contribution in [0.3, 0.4) is 0 Å². The highest BCUT2D eigenvalue weighted by atomic mass is 35.5. The fourth-order valence-corrected chi connectivity index (χ4v) is 4.94. The van der Waals surface area contributed by atoms with Gasteiger partial charge >= 0.3 is 0 Å². The molecule has 3 atom stereocenters. The second-order valence-corrected chi connectivity index (χ2v) is 6.87. The average Bonchev–Trinajstić information content (AvgIpc) is 2.32. The van der Waals surface area contributed by atoms with E-state index in [-0.39, 0.29) is 18.2 Å². The molecule has 0 saturated carbocycles. The van der Waals surface area contributed by atoms with Crippen molar-refractivity contribution in [2.75, 3.05) is 5.88 Å². The first kappa shape index (κ1) is 10.9. The van der Waals surface area contributed by atoms with E-state index in [4.69, 9.17) is 11.6 Å². The van der Waals surface area contributed by atoms with E-state index in [1.807, 2.05) is 0 Å². The van der Waals surface area contributed by atoms with Crippen LogP contribution in [0.15, 0.2) is 0 Å². The van der Waals surface area contributed by atoms with E-state index in [0.29, 0.717) is 6.29 Å². The van der Waals surface area contributed by atoms with Gasteiger partial charge in [0.05, 0.1) is 6.42 Å². The molecule has 0 N–H and O–H groups in total. The summed E-state index contributed by atoms with van der Waals surface area (Å²) in [7, 11) is -3.53. The van der Waals surface area contributed by atoms with Gasteiger partial charge in [0, 0.05) is 5.88 Å². The van der Waals surface area contributed by atoms with E-state index >= 15 is 0 Å². The van der Waals surface area contributed by atoms with Crippen molar-refractivity contribution in [3.8, 4) is 0 Å². The predicted molar refractivity (Wildman–Crippen MR) is 53.1 cm³/mol. The maximum Gasteiger partial charge on any atom is 0.227 e. The lowest BCUT2D eigenvalue weighted by Crippen LogP contribution is -2.55. The topological polar surface area (TPSA) is 71.5 Å². The molecule has 7 heteroatoms. The number of β-lactam (4-membered cyclic amide) rings is 1. The first-order valence-corrected chi connectivity index (χ1v) is 6.54. The zero-order valence-electron chi connectivity index (χ0n) is 8.01. The summed E-state index contributed by atoms with van der Waals surface area (Å²) in [6.45, 7) is 1.42. The van der Waals surface area contributed by atoms with Crippen LogP contribution in [0, 0.1) is 0 Å². The molecule has 84 valence electrons. The van der Waals surface area contributed by atoms with Gasteiger partial charge in [-0.05, 0) is 6.92 Å². The number of fused-ring (bicyclic) bond motifs is 1. The second-order valence-electron chi connectivity index (χ2n) is 4.03. The highest BCUT2D eigenvalue weighted by Gasteiger charge is 2.67. The molecular formula is C8H10ClNO4S. The van der Waals surface area contributed by atoms with Gasteiger partial charge in [-0.1, -0.05) is 0 Å². The smallest absolute Gasteiger partial charge is 0.227 e. The Morgan fingerprint density at radius 1 is 1.67 bits per heavy atom. The Balaban J connectivity index is 2.56. The summed E-state index contributed by atoms with van der Waals surface area (Å²) in [5.74, 6) is -0.478. The van der Waals surface area contributed by atoms with Gasteiger partial charge in [0.1, 0.15) is 22.4 Å². The summed E-state index contributed by atoms with van der Waals surface area (Å²) in [4.78, 5) is 23.2. The average molecular weight is 252 g/mol. The molecule has 2 saturated heterocycles. The SMILES string of the molecule is C[C@]1(CCl)C(C=O)N2C(=O)C[C@@H]2S1(=O)=O.